The van der Waals surface area contributed by atoms with Crippen LogP contribution in [0.1, 0.15) is 37.1 Å². The maximum absolute atomic E-state index is 12.3. The monoisotopic (exact) mass is 372 g/mol. The standard InChI is InChI=1S/C20H25ClN4O/c1-15(16-5-7-17(21)8-6-16)23-20(26)24-18-9-12-25(13-10-18)14-19-4-2-3-11-22-19/h2-8,11,15,18H,9-10,12-14H2,1H3,(H2,23,24,26). The second-order valence-corrected chi connectivity index (χ2v) is 7.20. The molecule has 0 saturated carbocycles. The molecule has 138 valence electrons. The first-order valence-corrected chi connectivity index (χ1v) is 9.43. The van der Waals surface area contributed by atoms with E-state index in [9.17, 15) is 4.79 Å². The Morgan fingerprint density at radius 1 is 1.23 bits per heavy atom. The van der Waals surface area contributed by atoms with Gasteiger partial charge in [0.15, 0.2) is 0 Å². The Morgan fingerprint density at radius 2 is 1.96 bits per heavy atom. The Morgan fingerprint density at radius 3 is 2.62 bits per heavy atom. The van der Waals surface area contributed by atoms with Gasteiger partial charge in [0.2, 0.25) is 0 Å². The van der Waals surface area contributed by atoms with Crippen LogP contribution in [-0.2, 0) is 6.54 Å². The van der Waals surface area contributed by atoms with Gasteiger partial charge in [-0.2, -0.15) is 0 Å². The summed E-state index contributed by atoms with van der Waals surface area (Å²) in [6, 6.07) is 13.6. The first kappa shape index (κ1) is 18.7. The number of hydrogen-bond donors (Lipinski definition) is 2. The molecule has 0 bridgehead atoms. The topological polar surface area (TPSA) is 57.3 Å². The van der Waals surface area contributed by atoms with Gasteiger partial charge in [-0.15, -0.1) is 0 Å². The maximum atomic E-state index is 12.3. The molecule has 2 aromatic rings. The summed E-state index contributed by atoms with van der Waals surface area (Å²) in [6.07, 6.45) is 3.74. The second kappa shape index (κ2) is 9.01. The molecule has 2 N–H and O–H groups in total. The second-order valence-electron chi connectivity index (χ2n) is 6.76. The summed E-state index contributed by atoms with van der Waals surface area (Å²) in [5.74, 6) is 0. The molecule has 1 aliphatic rings. The number of nitrogens with one attached hydrogen (secondary N) is 2. The summed E-state index contributed by atoms with van der Waals surface area (Å²) >= 11 is 5.91. The number of pyridine rings is 1. The first-order chi connectivity index (χ1) is 12.6. The van der Waals surface area contributed by atoms with Crippen molar-refractivity contribution in [1.82, 2.24) is 20.5 Å². The number of piperidine rings is 1. The minimum Gasteiger partial charge on any atom is -0.335 e. The molecule has 1 saturated heterocycles. The highest BCUT2D eigenvalue weighted by Gasteiger charge is 2.21. The number of halogens is 1. The van der Waals surface area contributed by atoms with Crippen molar-refractivity contribution in [2.24, 2.45) is 0 Å². The van der Waals surface area contributed by atoms with Crippen molar-refractivity contribution in [1.29, 1.82) is 0 Å². The molecule has 1 unspecified atom stereocenters. The van der Waals surface area contributed by atoms with Gasteiger partial charge in [0, 0.05) is 36.9 Å². The Kier molecular flexibility index (Phi) is 6.47. The van der Waals surface area contributed by atoms with E-state index in [2.05, 4.69) is 26.6 Å². The highest BCUT2D eigenvalue weighted by molar-refractivity contribution is 6.30. The van der Waals surface area contributed by atoms with Gasteiger partial charge in [0.1, 0.15) is 0 Å². The van der Waals surface area contributed by atoms with Crippen LogP contribution in [0.15, 0.2) is 48.7 Å². The molecule has 26 heavy (non-hydrogen) atoms. The minimum atomic E-state index is -0.115. The Bertz CT molecular complexity index is 700. The van der Waals surface area contributed by atoms with E-state index in [1.807, 2.05) is 49.5 Å². The van der Waals surface area contributed by atoms with Crippen molar-refractivity contribution in [3.05, 3.63) is 64.9 Å². The molecule has 6 heteroatoms. The average molecular weight is 373 g/mol. The van der Waals surface area contributed by atoms with Crippen molar-refractivity contribution in [2.45, 2.75) is 38.4 Å². The lowest BCUT2D eigenvalue weighted by Crippen LogP contribution is -2.48. The predicted molar refractivity (Wildman–Crippen MR) is 104 cm³/mol. The minimum absolute atomic E-state index is 0.0588. The van der Waals surface area contributed by atoms with Crippen molar-refractivity contribution in [2.75, 3.05) is 13.1 Å². The quantitative estimate of drug-likeness (QED) is 0.840. The fraction of sp³-hybridized carbons (Fsp3) is 0.400. The highest BCUT2D eigenvalue weighted by atomic mass is 35.5. The molecule has 0 aliphatic carbocycles. The number of amides is 2. The Labute approximate surface area is 159 Å². The van der Waals surface area contributed by atoms with Gasteiger partial charge >= 0.3 is 6.03 Å². The number of carbonyl (C=O) groups is 1. The van der Waals surface area contributed by atoms with E-state index in [1.54, 1.807) is 0 Å². The van der Waals surface area contributed by atoms with E-state index in [-0.39, 0.29) is 18.1 Å². The van der Waals surface area contributed by atoms with E-state index in [1.165, 1.54) is 0 Å². The van der Waals surface area contributed by atoms with Crippen LogP contribution in [0.3, 0.4) is 0 Å². The molecular weight excluding hydrogens is 348 g/mol. The normalized spacial score (nSPS) is 16.8. The van der Waals surface area contributed by atoms with Crippen LogP contribution >= 0.6 is 11.6 Å². The summed E-state index contributed by atoms with van der Waals surface area (Å²) in [5, 5.41) is 6.79. The zero-order chi connectivity index (χ0) is 18.4. The number of benzene rings is 1. The molecular formula is C20H25ClN4O. The van der Waals surface area contributed by atoms with Gasteiger partial charge in [-0.05, 0) is 49.6 Å². The van der Waals surface area contributed by atoms with E-state index >= 15 is 0 Å². The number of rotatable bonds is 5. The zero-order valence-corrected chi connectivity index (χ0v) is 15.7. The molecule has 1 atom stereocenters. The van der Waals surface area contributed by atoms with Crippen molar-refractivity contribution < 1.29 is 4.79 Å². The summed E-state index contributed by atoms with van der Waals surface area (Å²) in [4.78, 5) is 19.0. The van der Waals surface area contributed by atoms with Crippen LogP contribution in [0.5, 0.6) is 0 Å². The van der Waals surface area contributed by atoms with E-state index in [4.69, 9.17) is 11.6 Å². The molecule has 2 heterocycles. The van der Waals surface area contributed by atoms with Gasteiger partial charge in [0.05, 0.1) is 11.7 Å². The number of urea groups is 1. The average Bonchev–Trinajstić information content (AvgIpc) is 2.64. The van der Waals surface area contributed by atoms with Crippen LogP contribution in [0.25, 0.3) is 0 Å². The smallest absolute Gasteiger partial charge is 0.315 e. The van der Waals surface area contributed by atoms with Gasteiger partial charge in [0.25, 0.3) is 0 Å². The van der Waals surface area contributed by atoms with Crippen LogP contribution < -0.4 is 10.6 Å². The van der Waals surface area contributed by atoms with E-state index in [0.29, 0.717) is 5.02 Å². The third-order valence-corrected chi connectivity index (χ3v) is 5.00. The number of nitrogens with zero attached hydrogens (tertiary/aromatic N) is 2. The first-order valence-electron chi connectivity index (χ1n) is 9.05. The van der Waals surface area contributed by atoms with Crippen molar-refractivity contribution in [3.8, 4) is 0 Å². The predicted octanol–water partition coefficient (Wildman–Crippen LogP) is 3.76. The number of likely N-dealkylation sites (tertiary alicyclic amines) is 1. The number of hydrogen-bond acceptors (Lipinski definition) is 3. The summed E-state index contributed by atoms with van der Waals surface area (Å²) < 4.78 is 0. The molecule has 1 fully saturated rings. The largest absolute Gasteiger partial charge is 0.335 e. The summed E-state index contributed by atoms with van der Waals surface area (Å²) in [5.41, 5.74) is 2.13. The molecule has 1 aliphatic heterocycles. The maximum Gasteiger partial charge on any atom is 0.315 e. The van der Waals surface area contributed by atoms with Gasteiger partial charge in [-0.25, -0.2) is 4.79 Å². The molecule has 5 nitrogen and oxygen atoms in total. The van der Waals surface area contributed by atoms with E-state index in [0.717, 1.165) is 43.7 Å². The van der Waals surface area contributed by atoms with Crippen LogP contribution in [0.2, 0.25) is 5.02 Å². The lowest BCUT2D eigenvalue weighted by Gasteiger charge is -2.32. The number of carbonyl (C=O) groups excluding carboxylic acids is 1. The van der Waals surface area contributed by atoms with Crippen LogP contribution in [0.4, 0.5) is 4.79 Å². The highest BCUT2D eigenvalue weighted by Crippen LogP contribution is 2.16. The molecule has 1 aromatic carbocycles. The van der Waals surface area contributed by atoms with Crippen LogP contribution in [-0.4, -0.2) is 35.0 Å². The van der Waals surface area contributed by atoms with E-state index < -0.39 is 0 Å². The lowest BCUT2D eigenvalue weighted by atomic mass is 10.0. The lowest BCUT2D eigenvalue weighted by molar-refractivity contribution is 0.184. The number of aromatic nitrogens is 1. The molecule has 0 radical (unpaired) electrons. The Hall–Kier alpha value is -2.11. The van der Waals surface area contributed by atoms with Crippen molar-refractivity contribution >= 4 is 17.6 Å². The van der Waals surface area contributed by atoms with Crippen LogP contribution in [0, 0.1) is 0 Å². The van der Waals surface area contributed by atoms with Gasteiger partial charge in [-0.3, -0.25) is 9.88 Å². The summed E-state index contributed by atoms with van der Waals surface area (Å²) in [7, 11) is 0. The molecule has 0 spiro atoms. The fourth-order valence-electron chi connectivity index (χ4n) is 3.21. The zero-order valence-electron chi connectivity index (χ0n) is 15.0. The molecule has 2 amide bonds. The third-order valence-electron chi connectivity index (χ3n) is 4.75. The molecule has 3 rings (SSSR count). The molecule has 1 aromatic heterocycles. The SMILES string of the molecule is CC(NC(=O)NC1CCN(Cc2ccccn2)CC1)c1ccc(Cl)cc1. The van der Waals surface area contributed by atoms with Gasteiger partial charge in [-0.1, -0.05) is 29.8 Å². The third kappa shape index (κ3) is 5.44. The van der Waals surface area contributed by atoms with Gasteiger partial charge < -0.3 is 10.6 Å². The summed E-state index contributed by atoms with van der Waals surface area (Å²) in [6.45, 7) is 4.77. The van der Waals surface area contributed by atoms with Crippen molar-refractivity contribution in [3.63, 3.8) is 0 Å². The fourth-order valence-corrected chi connectivity index (χ4v) is 3.34. The Balaban J connectivity index is 1.41.